The maximum absolute atomic E-state index is 12.4. The number of amides is 1. The molecule has 1 aliphatic heterocycles. The largest absolute Gasteiger partial charge is 0.573 e. The van der Waals surface area contributed by atoms with E-state index >= 15 is 0 Å². The van der Waals surface area contributed by atoms with Crippen molar-refractivity contribution in [1.82, 2.24) is 25.2 Å². The fraction of sp³-hybridized carbons (Fsp3) is 0.571. The summed E-state index contributed by atoms with van der Waals surface area (Å²) in [5, 5.41) is 11.3. The Labute approximate surface area is 178 Å². The molecule has 2 aliphatic rings. The number of ether oxygens (including phenoxy) is 1. The average molecular weight is 437 g/mol. The molecule has 168 valence electrons. The molecule has 0 radical (unpaired) electrons. The Hall–Kier alpha value is -2.62. The van der Waals surface area contributed by atoms with Crippen molar-refractivity contribution in [3.8, 4) is 5.75 Å². The smallest absolute Gasteiger partial charge is 0.406 e. The van der Waals surface area contributed by atoms with Crippen molar-refractivity contribution in [3.05, 3.63) is 41.7 Å². The van der Waals surface area contributed by atoms with Gasteiger partial charge in [0.05, 0.1) is 12.2 Å². The SMILES string of the molecule is O=C(NC1CCCC1)c1cn([C@H]2CCCN(Cc3ccc(OC(F)(F)F)cc3)C2)nn1. The van der Waals surface area contributed by atoms with Crippen molar-refractivity contribution < 1.29 is 22.7 Å². The number of aromatic nitrogens is 3. The minimum Gasteiger partial charge on any atom is -0.406 e. The first-order chi connectivity index (χ1) is 14.9. The van der Waals surface area contributed by atoms with Gasteiger partial charge < -0.3 is 10.1 Å². The summed E-state index contributed by atoms with van der Waals surface area (Å²) in [6.45, 7) is 2.24. The summed E-state index contributed by atoms with van der Waals surface area (Å²) in [5.41, 5.74) is 1.25. The van der Waals surface area contributed by atoms with Crippen LogP contribution in [-0.4, -0.2) is 51.3 Å². The van der Waals surface area contributed by atoms with Crippen molar-refractivity contribution in [2.75, 3.05) is 13.1 Å². The summed E-state index contributed by atoms with van der Waals surface area (Å²) in [6.07, 6.45) is 3.24. The van der Waals surface area contributed by atoms with Crippen LogP contribution in [0.3, 0.4) is 0 Å². The summed E-state index contributed by atoms with van der Waals surface area (Å²) in [5.74, 6) is -0.397. The van der Waals surface area contributed by atoms with E-state index in [1.54, 1.807) is 23.0 Å². The number of nitrogens with one attached hydrogen (secondary N) is 1. The minimum atomic E-state index is -4.69. The zero-order chi connectivity index (χ0) is 21.8. The van der Waals surface area contributed by atoms with Crippen molar-refractivity contribution in [1.29, 1.82) is 0 Å². The molecule has 10 heteroatoms. The van der Waals surface area contributed by atoms with E-state index in [-0.39, 0.29) is 23.7 Å². The Morgan fingerprint density at radius 3 is 2.58 bits per heavy atom. The third kappa shape index (κ3) is 5.96. The number of hydrogen-bond acceptors (Lipinski definition) is 5. The van der Waals surface area contributed by atoms with Crippen LogP contribution in [0.2, 0.25) is 0 Å². The lowest BCUT2D eigenvalue weighted by Gasteiger charge is -2.32. The Bertz CT molecular complexity index is 878. The van der Waals surface area contributed by atoms with Crippen LogP contribution >= 0.6 is 0 Å². The van der Waals surface area contributed by atoms with E-state index in [1.165, 1.54) is 12.1 Å². The number of piperidine rings is 1. The van der Waals surface area contributed by atoms with Crippen molar-refractivity contribution in [3.63, 3.8) is 0 Å². The van der Waals surface area contributed by atoms with Gasteiger partial charge in [-0.1, -0.05) is 30.2 Å². The van der Waals surface area contributed by atoms with Gasteiger partial charge in [-0.25, -0.2) is 4.68 Å². The highest BCUT2D eigenvalue weighted by atomic mass is 19.4. The molecule has 1 atom stereocenters. The van der Waals surface area contributed by atoms with Crippen LogP contribution in [0.15, 0.2) is 30.5 Å². The molecule has 1 aliphatic carbocycles. The molecule has 1 aromatic heterocycles. The van der Waals surface area contributed by atoms with Crippen molar-refractivity contribution in [2.24, 2.45) is 0 Å². The van der Waals surface area contributed by atoms with Crippen LogP contribution in [-0.2, 0) is 6.54 Å². The highest BCUT2D eigenvalue weighted by Crippen LogP contribution is 2.25. The predicted molar refractivity (Wildman–Crippen MR) is 106 cm³/mol. The maximum Gasteiger partial charge on any atom is 0.573 e. The van der Waals surface area contributed by atoms with Gasteiger partial charge in [0, 0.05) is 19.1 Å². The number of carbonyl (C=O) groups excluding carboxylic acids is 1. The maximum atomic E-state index is 12.4. The van der Waals surface area contributed by atoms with E-state index in [0.717, 1.165) is 57.2 Å². The summed E-state index contributed by atoms with van der Waals surface area (Å²) in [6, 6.07) is 6.28. The molecule has 0 spiro atoms. The molecule has 2 heterocycles. The van der Waals surface area contributed by atoms with E-state index in [0.29, 0.717) is 12.2 Å². The van der Waals surface area contributed by atoms with Gasteiger partial charge in [0.25, 0.3) is 5.91 Å². The molecule has 0 unspecified atom stereocenters. The first-order valence-corrected chi connectivity index (χ1v) is 10.7. The lowest BCUT2D eigenvalue weighted by Crippen LogP contribution is -2.36. The number of nitrogens with zero attached hydrogens (tertiary/aromatic N) is 4. The zero-order valence-corrected chi connectivity index (χ0v) is 17.1. The van der Waals surface area contributed by atoms with Crippen LogP contribution < -0.4 is 10.1 Å². The Morgan fingerprint density at radius 2 is 1.87 bits per heavy atom. The van der Waals surface area contributed by atoms with E-state index in [9.17, 15) is 18.0 Å². The normalized spacial score (nSPS) is 20.7. The van der Waals surface area contributed by atoms with E-state index < -0.39 is 6.36 Å². The average Bonchev–Trinajstić information content (AvgIpc) is 3.41. The molecule has 1 saturated heterocycles. The molecule has 4 rings (SSSR count). The second-order valence-electron chi connectivity index (χ2n) is 8.26. The van der Waals surface area contributed by atoms with Crippen molar-refractivity contribution in [2.45, 2.75) is 63.5 Å². The zero-order valence-electron chi connectivity index (χ0n) is 17.1. The number of likely N-dealkylation sites (tertiary alicyclic amines) is 1. The molecule has 31 heavy (non-hydrogen) atoms. The van der Waals surface area contributed by atoms with Gasteiger partial charge in [0.2, 0.25) is 0 Å². The van der Waals surface area contributed by atoms with Crippen LogP contribution in [0.5, 0.6) is 5.75 Å². The van der Waals surface area contributed by atoms with Gasteiger partial charge in [0.15, 0.2) is 5.69 Å². The predicted octanol–water partition coefficient (Wildman–Crippen LogP) is 3.69. The molecule has 7 nitrogen and oxygen atoms in total. The lowest BCUT2D eigenvalue weighted by atomic mass is 10.0. The van der Waals surface area contributed by atoms with Gasteiger partial charge >= 0.3 is 6.36 Å². The van der Waals surface area contributed by atoms with Gasteiger partial charge in [-0.2, -0.15) is 0 Å². The Kier molecular flexibility index (Phi) is 6.45. The van der Waals surface area contributed by atoms with E-state index in [4.69, 9.17) is 0 Å². The summed E-state index contributed by atoms with van der Waals surface area (Å²) >= 11 is 0. The summed E-state index contributed by atoms with van der Waals surface area (Å²) < 4.78 is 42.6. The Balaban J connectivity index is 1.32. The fourth-order valence-corrected chi connectivity index (χ4v) is 4.33. The molecule has 2 aromatic rings. The fourth-order valence-electron chi connectivity index (χ4n) is 4.33. The molecule has 1 amide bonds. The first kappa shape index (κ1) is 21.6. The molecule has 2 fully saturated rings. The van der Waals surface area contributed by atoms with Gasteiger partial charge in [-0.05, 0) is 49.9 Å². The van der Waals surface area contributed by atoms with Gasteiger partial charge in [-0.15, -0.1) is 18.3 Å². The molecular weight excluding hydrogens is 411 g/mol. The van der Waals surface area contributed by atoms with Crippen LogP contribution in [0.1, 0.15) is 60.6 Å². The molecular formula is C21H26F3N5O2. The third-order valence-corrected chi connectivity index (χ3v) is 5.85. The number of halogens is 3. The highest BCUT2D eigenvalue weighted by molar-refractivity contribution is 5.92. The standard InChI is InChI=1S/C21H26F3N5O2/c22-21(23,24)31-18-9-7-15(8-10-18)12-28-11-3-6-17(13-28)29-14-19(26-27-29)20(30)25-16-4-1-2-5-16/h7-10,14,16-17H,1-6,11-13H2,(H,25,30)/t17-/m0/s1. The number of benzene rings is 1. The van der Waals surface area contributed by atoms with E-state index in [1.807, 2.05) is 0 Å². The van der Waals surface area contributed by atoms with E-state index in [2.05, 4.69) is 25.3 Å². The molecule has 1 aromatic carbocycles. The summed E-state index contributed by atoms with van der Waals surface area (Å²) in [4.78, 5) is 14.6. The first-order valence-electron chi connectivity index (χ1n) is 10.7. The molecule has 1 N–H and O–H groups in total. The molecule has 0 bridgehead atoms. The number of alkyl halides is 3. The number of rotatable bonds is 6. The second kappa shape index (κ2) is 9.25. The van der Waals surface area contributed by atoms with Gasteiger partial charge in [-0.3, -0.25) is 9.69 Å². The monoisotopic (exact) mass is 437 g/mol. The third-order valence-electron chi connectivity index (χ3n) is 5.85. The molecule has 1 saturated carbocycles. The lowest BCUT2D eigenvalue weighted by molar-refractivity contribution is -0.274. The second-order valence-corrected chi connectivity index (χ2v) is 8.26. The minimum absolute atomic E-state index is 0.0992. The Morgan fingerprint density at radius 1 is 1.13 bits per heavy atom. The topological polar surface area (TPSA) is 72.3 Å². The van der Waals surface area contributed by atoms with Crippen LogP contribution in [0.25, 0.3) is 0 Å². The number of hydrogen-bond donors (Lipinski definition) is 1. The highest BCUT2D eigenvalue weighted by Gasteiger charge is 2.31. The summed E-state index contributed by atoms with van der Waals surface area (Å²) in [7, 11) is 0. The van der Waals surface area contributed by atoms with Crippen molar-refractivity contribution >= 4 is 5.91 Å². The quantitative estimate of drug-likeness (QED) is 0.746. The van der Waals surface area contributed by atoms with Crippen LogP contribution in [0.4, 0.5) is 13.2 Å². The van der Waals surface area contributed by atoms with Gasteiger partial charge in [0.1, 0.15) is 5.75 Å². The number of carbonyl (C=O) groups is 1. The van der Waals surface area contributed by atoms with Crippen LogP contribution in [0, 0.1) is 0 Å².